The summed E-state index contributed by atoms with van der Waals surface area (Å²) < 4.78 is 65.8. The Morgan fingerprint density at radius 1 is 0.435 bits per heavy atom. The molecule has 4 unspecified atom stereocenters. The molecule has 0 aliphatic carbocycles. The SMILES string of the molecule is CCCO[C@@H]1C(O[C@@H]2OC(COCc3ccccc3)[C@H](OCc3ccccc3)[C@H](OCc3ccccc3)C2OCc2ccccc2)[C@H](OC)OC(COCc2ccccc2)[C@@H]1O. The zero-order valence-electron chi connectivity index (χ0n) is 35.6. The van der Waals surface area contributed by atoms with Crippen LogP contribution in [0.1, 0.15) is 41.2 Å². The van der Waals surface area contributed by atoms with E-state index in [1.807, 2.05) is 159 Å². The van der Waals surface area contributed by atoms with Crippen molar-refractivity contribution in [3.63, 3.8) is 0 Å². The molecule has 7 rings (SSSR count). The molecule has 2 aliphatic rings. The van der Waals surface area contributed by atoms with Gasteiger partial charge in [0.1, 0.15) is 48.8 Å². The molecule has 0 aromatic heterocycles. The number of hydrogen-bond donors (Lipinski definition) is 1. The standard InChI is InChI=1S/C51H60O11/c1-3-29-56-46-44(52)42(35-54-30-37-19-9-4-10-20-37)60-50(53-2)49(46)62-51-48(59-34-41-27-17-8-18-28-41)47(58-33-40-25-15-7-16-26-40)45(57-32-39-23-13-6-14-24-39)43(61-51)36-55-31-38-21-11-5-12-22-38/h4-28,42-52H,3,29-36H2,1-2H3/t42?,43?,44-,45-,46-,47-,48?,49?,50+,51-/m0/s1. The Hall–Kier alpha value is -4.34. The molecule has 5 aromatic rings. The summed E-state index contributed by atoms with van der Waals surface area (Å²) in [6, 6.07) is 49.7. The molecule has 330 valence electrons. The number of hydrogen-bond acceptors (Lipinski definition) is 11. The molecule has 11 nitrogen and oxygen atoms in total. The number of ether oxygens (including phenoxy) is 10. The van der Waals surface area contributed by atoms with Gasteiger partial charge in [0.05, 0.1) is 46.2 Å². The molecule has 0 bridgehead atoms. The van der Waals surface area contributed by atoms with Gasteiger partial charge in [-0.3, -0.25) is 0 Å². The Bertz CT molecular complexity index is 1940. The second-order valence-corrected chi connectivity index (χ2v) is 15.5. The van der Waals surface area contributed by atoms with Gasteiger partial charge in [0.15, 0.2) is 12.6 Å². The maximum Gasteiger partial charge on any atom is 0.187 e. The van der Waals surface area contributed by atoms with Gasteiger partial charge in [-0.25, -0.2) is 0 Å². The molecule has 62 heavy (non-hydrogen) atoms. The van der Waals surface area contributed by atoms with Crippen LogP contribution in [0.15, 0.2) is 152 Å². The van der Waals surface area contributed by atoms with E-state index in [1.165, 1.54) is 0 Å². The van der Waals surface area contributed by atoms with Crippen LogP contribution in [0.4, 0.5) is 0 Å². The molecule has 0 radical (unpaired) electrons. The maximum absolute atomic E-state index is 11.9. The van der Waals surface area contributed by atoms with E-state index in [0.717, 1.165) is 27.8 Å². The molecule has 5 aromatic carbocycles. The maximum atomic E-state index is 11.9. The third-order valence-corrected chi connectivity index (χ3v) is 10.9. The summed E-state index contributed by atoms with van der Waals surface area (Å²) in [5.74, 6) is 0. The smallest absolute Gasteiger partial charge is 0.187 e. The topological polar surface area (TPSA) is 113 Å². The molecule has 2 saturated heterocycles. The van der Waals surface area contributed by atoms with Crippen LogP contribution in [0.5, 0.6) is 0 Å². The summed E-state index contributed by atoms with van der Waals surface area (Å²) in [6.45, 7) is 4.14. The minimum absolute atomic E-state index is 0.105. The Kier molecular flexibility index (Phi) is 18.0. The van der Waals surface area contributed by atoms with Crippen LogP contribution < -0.4 is 0 Å². The van der Waals surface area contributed by atoms with Gasteiger partial charge in [0.25, 0.3) is 0 Å². The van der Waals surface area contributed by atoms with Crippen molar-refractivity contribution in [2.45, 2.75) is 108 Å². The predicted molar refractivity (Wildman–Crippen MR) is 232 cm³/mol. The van der Waals surface area contributed by atoms with Crippen molar-refractivity contribution in [2.75, 3.05) is 26.9 Å². The second kappa shape index (κ2) is 24.5. The van der Waals surface area contributed by atoms with Crippen LogP contribution in [0.2, 0.25) is 0 Å². The lowest BCUT2D eigenvalue weighted by molar-refractivity contribution is -0.378. The lowest BCUT2D eigenvalue weighted by Crippen LogP contribution is -2.66. The molecular formula is C51H60O11. The summed E-state index contributed by atoms with van der Waals surface area (Å²) in [6.07, 6.45) is -7.99. The zero-order chi connectivity index (χ0) is 42.8. The van der Waals surface area contributed by atoms with Crippen molar-refractivity contribution in [3.05, 3.63) is 179 Å². The lowest BCUT2D eigenvalue weighted by atomic mass is 9.96. The Labute approximate surface area is 365 Å². The van der Waals surface area contributed by atoms with Gasteiger partial charge >= 0.3 is 0 Å². The van der Waals surface area contributed by atoms with E-state index in [9.17, 15) is 5.11 Å². The summed E-state index contributed by atoms with van der Waals surface area (Å²) in [7, 11) is 1.54. The quantitative estimate of drug-likeness (QED) is 0.0695. The van der Waals surface area contributed by atoms with Crippen molar-refractivity contribution < 1.29 is 52.5 Å². The van der Waals surface area contributed by atoms with Crippen molar-refractivity contribution in [1.29, 1.82) is 0 Å². The highest BCUT2D eigenvalue weighted by atomic mass is 16.8. The minimum Gasteiger partial charge on any atom is -0.387 e. The third-order valence-electron chi connectivity index (χ3n) is 10.9. The first-order valence-electron chi connectivity index (χ1n) is 21.6. The van der Waals surface area contributed by atoms with Crippen LogP contribution >= 0.6 is 0 Å². The summed E-state index contributed by atoms with van der Waals surface area (Å²) in [5.41, 5.74) is 4.96. The molecule has 2 aliphatic heterocycles. The molecule has 0 spiro atoms. The summed E-state index contributed by atoms with van der Waals surface area (Å²) >= 11 is 0. The van der Waals surface area contributed by atoms with E-state index in [0.29, 0.717) is 32.8 Å². The molecule has 1 N–H and O–H groups in total. The normalized spacial score (nSPS) is 26.3. The van der Waals surface area contributed by atoms with E-state index in [-0.39, 0.29) is 26.4 Å². The second-order valence-electron chi connectivity index (χ2n) is 15.5. The average Bonchev–Trinajstić information content (AvgIpc) is 3.32. The first-order valence-corrected chi connectivity index (χ1v) is 21.6. The van der Waals surface area contributed by atoms with Gasteiger partial charge in [-0.15, -0.1) is 0 Å². The van der Waals surface area contributed by atoms with Crippen molar-refractivity contribution in [2.24, 2.45) is 0 Å². The summed E-state index contributed by atoms with van der Waals surface area (Å²) in [5, 5.41) is 11.9. The van der Waals surface area contributed by atoms with Crippen molar-refractivity contribution >= 4 is 0 Å². The van der Waals surface area contributed by atoms with Gasteiger partial charge in [0.2, 0.25) is 0 Å². The predicted octanol–water partition coefficient (Wildman–Crippen LogP) is 7.81. The number of rotatable bonds is 23. The van der Waals surface area contributed by atoms with E-state index in [4.69, 9.17) is 47.4 Å². The highest BCUT2D eigenvalue weighted by molar-refractivity contribution is 5.17. The van der Waals surface area contributed by atoms with E-state index >= 15 is 0 Å². The first kappa shape index (κ1) is 45.7. The monoisotopic (exact) mass is 848 g/mol. The van der Waals surface area contributed by atoms with Gasteiger partial charge in [0, 0.05) is 13.7 Å². The van der Waals surface area contributed by atoms with E-state index < -0.39 is 61.4 Å². The fraction of sp³-hybridized carbons (Fsp3) is 0.412. The Morgan fingerprint density at radius 3 is 1.29 bits per heavy atom. The number of methoxy groups -OCH3 is 1. The zero-order valence-corrected chi connectivity index (χ0v) is 35.6. The largest absolute Gasteiger partial charge is 0.387 e. The van der Waals surface area contributed by atoms with Crippen LogP contribution in [0.25, 0.3) is 0 Å². The average molecular weight is 849 g/mol. The van der Waals surface area contributed by atoms with Gasteiger partial charge < -0.3 is 52.5 Å². The third kappa shape index (κ3) is 13.1. The molecule has 0 saturated carbocycles. The summed E-state index contributed by atoms with van der Waals surface area (Å²) in [4.78, 5) is 0. The molecule has 11 heteroatoms. The van der Waals surface area contributed by atoms with Gasteiger partial charge in [-0.05, 0) is 34.2 Å². The first-order chi connectivity index (χ1) is 30.6. The lowest BCUT2D eigenvalue weighted by Gasteiger charge is -2.49. The van der Waals surface area contributed by atoms with Crippen LogP contribution in [-0.2, 0) is 80.4 Å². The molecule has 2 fully saturated rings. The van der Waals surface area contributed by atoms with Crippen LogP contribution in [-0.4, -0.2) is 93.4 Å². The van der Waals surface area contributed by atoms with Crippen molar-refractivity contribution in [1.82, 2.24) is 0 Å². The van der Waals surface area contributed by atoms with Crippen molar-refractivity contribution in [3.8, 4) is 0 Å². The van der Waals surface area contributed by atoms with Gasteiger partial charge in [-0.1, -0.05) is 159 Å². The molecule has 0 amide bonds. The molecular weight excluding hydrogens is 789 g/mol. The Morgan fingerprint density at radius 2 is 0.839 bits per heavy atom. The van der Waals surface area contributed by atoms with E-state index in [1.54, 1.807) is 7.11 Å². The highest BCUT2D eigenvalue weighted by Crippen LogP contribution is 2.35. The van der Waals surface area contributed by atoms with Crippen LogP contribution in [0.3, 0.4) is 0 Å². The highest BCUT2D eigenvalue weighted by Gasteiger charge is 2.54. The fourth-order valence-electron chi connectivity index (χ4n) is 7.69. The number of aliphatic hydroxyl groups is 1. The van der Waals surface area contributed by atoms with E-state index in [2.05, 4.69) is 0 Å². The number of benzene rings is 5. The Balaban J connectivity index is 1.20. The molecule has 2 heterocycles. The van der Waals surface area contributed by atoms with Gasteiger partial charge in [-0.2, -0.15) is 0 Å². The van der Waals surface area contributed by atoms with Crippen LogP contribution in [0, 0.1) is 0 Å². The fourth-order valence-corrected chi connectivity index (χ4v) is 7.69. The minimum atomic E-state index is -1.13. The number of aliphatic hydroxyl groups excluding tert-OH is 1. The molecule has 10 atom stereocenters.